The van der Waals surface area contributed by atoms with Crippen LogP contribution in [0.1, 0.15) is 18.3 Å². The summed E-state index contributed by atoms with van der Waals surface area (Å²) in [6, 6.07) is 6.94. The Labute approximate surface area is 183 Å². The third-order valence-electron chi connectivity index (χ3n) is 4.06. The fourth-order valence-corrected chi connectivity index (χ4v) is 3.65. The number of nitrogens with zero attached hydrogens (tertiary/aromatic N) is 5. The van der Waals surface area contributed by atoms with E-state index < -0.39 is 10.0 Å². The molecule has 156 valence electrons. The highest BCUT2D eigenvalue weighted by Gasteiger charge is 2.20. The maximum atomic E-state index is 12.5. The first kappa shape index (κ1) is 24.3. The normalized spacial score (nSPS) is 12.0. The second kappa shape index (κ2) is 11.3. The molecule has 2 N–H and O–H groups in total. The molecule has 0 saturated heterocycles. The van der Waals surface area contributed by atoms with Crippen LogP contribution in [0, 0.1) is 0 Å². The lowest BCUT2D eigenvalue weighted by atomic mass is 10.2. The first-order valence-electron chi connectivity index (χ1n) is 8.71. The van der Waals surface area contributed by atoms with Gasteiger partial charge in [0.25, 0.3) is 0 Å². The van der Waals surface area contributed by atoms with Crippen LogP contribution in [0.15, 0.2) is 40.5 Å². The molecule has 9 nitrogen and oxygen atoms in total. The maximum absolute atomic E-state index is 12.5. The minimum atomic E-state index is -3.50. The fraction of sp³-hybridized carbons (Fsp3) is 0.471. The van der Waals surface area contributed by atoms with Crippen molar-refractivity contribution >= 4 is 40.0 Å². The molecule has 0 aliphatic carbocycles. The van der Waals surface area contributed by atoms with Crippen molar-refractivity contribution in [3.63, 3.8) is 0 Å². The van der Waals surface area contributed by atoms with Gasteiger partial charge in [-0.15, -0.1) is 34.2 Å². The summed E-state index contributed by atoms with van der Waals surface area (Å²) in [6.07, 6.45) is 2.53. The van der Waals surface area contributed by atoms with Gasteiger partial charge in [0.15, 0.2) is 5.96 Å². The number of benzene rings is 1. The van der Waals surface area contributed by atoms with Gasteiger partial charge >= 0.3 is 0 Å². The van der Waals surface area contributed by atoms with Gasteiger partial charge in [0.1, 0.15) is 12.2 Å². The van der Waals surface area contributed by atoms with Gasteiger partial charge in [0.05, 0.1) is 4.90 Å². The van der Waals surface area contributed by atoms with E-state index in [2.05, 4.69) is 25.8 Å². The summed E-state index contributed by atoms with van der Waals surface area (Å²) in [5.74, 6) is 1.53. The lowest BCUT2D eigenvalue weighted by Crippen LogP contribution is -2.38. The van der Waals surface area contributed by atoms with Gasteiger partial charge < -0.3 is 15.2 Å². The van der Waals surface area contributed by atoms with E-state index in [-0.39, 0.29) is 28.9 Å². The van der Waals surface area contributed by atoms with Crippen LogP contribution >= 0.6 is 24.0 Å². The third-order valence-corrected chi connectivity index (χ3v) is 5.97. The average Bonchev–Trinajstić information content (AvgIpc) is 3.12. The maximum Gasteiger partial charge on any atom is 0.242 e. The Morgan fingerprint density at radius 3 is 2.61 bits per heavy atom. The summed E-state index contributed by atoms with van der Waals surface area (Å²) in [7, 11) is 1.22. The quantitative estimate of drug-likeness (QED) is 0.306. The second-order valence-corrected chi connectivity index (χ2v) is 8.16. The zero-order valence-corrected chi connectivity index (χ0v) is 19.7. The number of guanidine groups is 1. The first-order chi connectivity index (χ1) is 12.9. The summed E-state index contributed by atoms with van der Waals surface area (Å²) >= 11 is 0. The van der Waals surface area contributed by atoms with E-state index in [0.29, 0.717) is 31.2 Å². The molecule has 0 unspecified atom stereocenters. The van der Waals surface area contributed by atoms with Crippen LogP contribution in [0.25, 0.3) is 0 Å². The standard InChI is InChI=1S/C17H27N7O2S.HI/c1-5-16-22-21-13-24(16)11-10-19-17(18-2)20-12-14-8-6-7-9-15(14)27(25,26)23(3)4;/h6-9,13H,5,10-12H2,1-4H3,(H2,18,19,20);1H. The molecule has 0 amide bonds. The fourth-order valence-electron chi connectivity index (χ4n) is 2.53. The summed E-state index contributed by atoms with van der Waals surface area (Å²) < 4.78 is 28.1. The third kappa shape index (κ3) is 6.14. The summed E-state index contributed by atoms with van der Waals surface area (Å²) in [5, 5.41) is 14.3. The van der Waals surface area contributed by atoms with E-state index >= 15 is 0 Å². The minimum Gasteiger partial charge on any atom is -0.355 e. The molecule has 0 aliphatic heterocycles. The van der Waals surface area contributed by atoms with Crippen LogP contribution in [0.5, 0.6) is 0 Å². The lowest BCUT2D eigenvalue weighted by molar-refractivity contribution is 0.519. The molecule has 1 aromatic carbocycles. The van der Waals surface area contributed by atoms with Gasteiger partial charge in [-0.25, -0.2) is 12.7 Å². The smallest absolute Gasteiger partial charge is 0.242 e. The first-order valence-corrected chi connectivity index (χ1v) is 10.2. The molecule has 0 aliphatic rings. The molecule has 0 bridgehead atoms. The molecule has 0 saturated carbocycles. The van der Waals surface area contributed by atoms with E-state index in [0.717, 1.165) is 12.2 Å². The van der Waals surface area contributed by atoms with Crippen molar-refractivity contribution in [2.24, 2.45) is 4.99 Å². The Hall–Kier alpha value is -1.73. The molecular formula is C17H28IN7O2S. The Bertz CT molecular complexity index is 881. The SMILES string of the molecule is CCc1nncn1CCNC(=NC)NCc1ccccc1S(=O)(=O)N(C)C.I. The Balaban J connectivity index is 0.00000392. The van der Waals surface area contributed by atoms with Crippen molar-refractivity contribution in [2.45, 2.75) is 31.3 Å². The number of halogens is 1. The second-order valence-electron chi connectivity index (χ2n) is 6.04. The molecule has 0 spiro atoms. The zero-order valence-electron chi connectivity index (χ0n) is 16.6. The Morgan fingerprint density at radius 1 is 1.25 bits per heavy atom. The van der Waals surface area contributed by atoms with E-state index in [1.165, 1.54) is 18.4 Å². The molecule has 0 radical (unpaired) electrons. The zero-order chi connectivity index (χ0) is 19.9. The summed E-state index contributed by atoms with van der Waals surface area (Å²) in [4.78, 5) is 4.47. The highest BCUT2D eigenvalue weighted by Crippen LogP contribution is 2.18. The number of hydrogen-bond donors (Lipinski definition) is 2. The number of hydrogen-bond acceptors (Lipinski definition) is 5. The Kier molecular flexibility index (Phi) is 9.82. The summed E-state index contributed by atoms with van der Waals surface area (Å²) in [5.41, 5.74) is 0.682. The van der Waals surface area contributed by atoms with Gasteiger partial charge in [-0.2, -0.15) is 0 Å². The molecule has 0 atom stereocenters. The largest absolute Gasteiger partial charge is 0.355 e. The van der Waals surface area contributed by atoms with Gasteiger partial charge in [0.2, 0.25) is 10.0 Å². The molecule has 0 fully saturated rings. The van der Waals surface area contributed by atoms with Crippen LogP contribution in [0.2, 0.25) is 0 Å². The lowest BCUT2D eigenvalue weighted by Gasteiger charge is -2.17. The van der Waals surface area contributed by atoms with Gasteiger partial charge in [0, 0.05) is 47.2 Å². The predicted octanol–water partition coefficient (Wildman–Crippen LogP) is 1.07. The van der Waals surface area contributed by atoms with Crippen LogP contribution in [0.4, 0.5) is 0 Å². The number of aryl methyl sites for hydroxylation is 1. The highest BCUT2D eigenvalue weighted by atomic mass is 127. The summed E-state index contributed by atoms with van der Waals surface area (Å²) in [6.45, 7) is 3.73. The van der Waals surface area contributed by atoms with Crippen molar-refractivity contribution in [2.75, 3.05) is 27.7 Å². The van der Waals surface area contributed by atoms with Crippen molar-refractivity contribution in [1.82, 2.24) is 29.7 Å². The van der Waals surface area contributed by atoms with Crippen LogP contribution in [-0.4, -0.2) is 61.1 Å². The number of nitrogens with one attached hydrogen (secondary N) is 2. The van der Waals surface area contributed by atoms with Crippen LogP contribution < -0.4 is 10.6 Å². The molecule has 1 aromatic heterocycles. The van der Waals surface area contributed by atoms with E-state index in [9.17, 15) is 8.42 Å². The topological polar surface area (TPSA) is 105 Å². The molecular weight excluding hydrogens is 493 g/mol. The number of sulfonamides is 1. The van der Waals surface area contributed by atoms with E-state index in [4.69, 9.17) is 0 Å². The van der Waals surface area contributed by atoms with Crippen molar-refractivity contribution < 1.29 is 8.42 Å². The van der Waals surface area contributed by atoms with Gasteiger partial charge in [-0.3, -0.25) is 4.99 Å². The monoisotopic (exact) mass is 521 g/mol. The number of aliphatic imine (C=N–C) groups is 1. The van der Waals surface area contributed by atoms with E-state index in [1.807, 2.05) is 17.6 Å². The molecule has 2 rings (SSSR count). The molecule has 11 heteroatoms. The molecule has 28 heavy (non-hydrogen) atoms. The van der Waals surface area contributed by atoms with Crippen molar-refractivity contribution in [3.05, 3.63) is 42.0 Å². The van der Waals surface area contributed by atoms with Crippen LogP contribution in [-0.2, 0) is 29.5 Å². The van der Waals surface area contributed by atoms with Gasteiger partial charge in [-0.05, 0) is 11.6 Å². The minimum absolute atomic E-state index is 0. The van der Waals surface area contributed by atoms with Crippen LogP contribution in [0.3, 0.4) is 0 Å². The molecule has 2 aromatic rings. The Morgan fingerprint density at radius 2 is 1.96 bits per heavy atom. The van der Waals surface area contributed by atoms with Crippen molar-refractivity contribution in [3.8, 4) is 0 Å². The van der Waals surface area contributed by atoms with Gasteiger partial charge in [-0.1, -0.05) is 25.1 Å². The molecule has 1 heterocycles. The number of rotatable bonds is 8. The number of aromatic nitrogens is 3. The van der Waals surface area contributed by atoms with Crippen molar-refractivity contribution in [1.29, 1.82) is 0 Å². The van der Waals surface area contributed by atoms with E-state index in [1.54, 1.807) is 31.6 Å². The average molecular weight is 521 g/mol. The predicted molar refractivity (Wildman–Crippen MR) is 120 cm³/mol. The highest BCUT2D eigenvalue weighted by molar-refractivity contribution is 14.0.